The summed E-state index contributed by atoms with van der Waals surface area (Å²) < 4.78 is 5.56. The standard InChI is InChI=1S/C17H18N2O4.ClH/c1-2-23-18-13-15-8-6-14(7-9-15)10-11-22-17-5-3-4-16(12-17)19(20)21;/h3-9,12-13H,2,10-11H2,1H3;1H/b18-13+;. The molecule has 0 aliphatic carbocycles. The van der Waals surface area contributed by atoms with E-state index in [1.54, 1.807) is 18.3 Å². The first-order valence-electron chi connectivity index (χ1n) is 7.30. The third kappa shape index (κ3) is 6.26. The maximum Gasteiger partial charge on any atom is 0.273 e. The fourth-order valence-electron chi connectivity index (χ4n) is 1.92. The van der Waals surface area contributed by atoms with E-state index >= 15 is 0 Å². The van der Waals surface area contributed by atoms with Crippen molar-refractivity contribution in [2.75, 3.05) is 13.2 Å². The van der Waals surface area contributed by atoms with Crippen LogP contribution in [0.15, 0.2) is 53.7 Å². The van der Waals surface area contributed by atoms with Gasteiger partial charge in [0.15, 0.2) is 0 Å². The van der Waals surface area contributed by atoms with Gasteiger partial charge in [-0.25, -0.2) is 0 Å². The molecule has 0 aliphatic heterocycles. The molecule has 6 nitrogen and oxygen atoms in total. The molecule has 128 valence electrons. The van der Waals surface area contributed by atoms with E-state index in [0.29, 0.717) is 25.4 Å². The average Bonchev–Trinajstić information content (AvgIpc) is 2.57. The average molecular weight is 351 g/mol. The van der Waals surface area contributed by atoms with Gasteiger partial charge in [0.2, 0.25) is 0 Å². The number of hydrogen-bond donors (Lipinski definition) is 0. The maximum atomic E-state index is 10.7. The summed E-state index contributed by atoms with van der Waals surface area (Å²) in [7, 11) is 0. The SMILES string of the molecule is CCO/N=C/c1ccc(CCOc2cccc([N+](=O)[O-])c2)cc1.Cl. The van der Waals surface area contributed by atoms with Gasteiger partial charge < -0.3 is 9.57 Å². The number of nitro groups is 1. The first-order valence-corrected chi connectivity index (χ1v) is 7.30. The van der Waals surface area contributed by atoms with Crippen LogP contribution < -0.4 is 4.74 Å². The molecule has 0 aliphatic rings. The molecule has 0 atom stereocenters. The smallest absolute Gasteiger partial charge is 0.273 e. The summed E-state index contributed by atoms with van der Waals surface area (Å²) in [6.45, 7) is 2.87. The molecule has 7 heteroatoms. The highest BCUT2D eigenvalue weighted by atomic mass is 35.5. The van der Waals surface area contributed by atoms with E-state index in [4.69, 9.17) is 9.57 Å². The predicted octanol–water partition coefficient (Wildman–Crippen LogP) is 4.01. The van der Waals surface area contributed by atoms with Gasteiger partial charge in [-0.1, -0.05) is 35.5 Å². The van der Waals surface area contributed by atoms with Crippen molar-refractivity contribution in [1.82, 2.24) is 0 Å². The Morgan fingerprint density at radius 3 is 2.62 bits per heavy atom. The van der Waals surface area contributed by atoms with Gasteiger partial charge in [0, 0.05) is 12.5 Å². The molecule has 24 heavy (non-hydrogen) atoms. The number of ether oxygens (including phenoxy) is 1. The second-order valence-corrected chi connectivity index (χ2v) is 4.75. The molecule has 0 N–H and O–H groups in total. The molecule has 0 saturated heterocycles. The lowest BCUT2D eigenvalue weighted by Gasteiger charge is -2.06. The van der Waals surface area contributed by atoms with Gasteiger partial charge in [-0.2, -0.15) is 0 Å². The zero-order chi connectivity index (χ0) is 16.5. The van der Waals surface area contributed by atoms with Crippen LogP contribution in [0.3, 0.4) is 0 Å². The van der Waals surface area contributed by atoms with Gasteiger partial charge in [-0.15, -0.1) is 12.4 Å². The molecule has 0 heterocycles. The van der Waals surface area contributed by atoms with Crippen LogP contribution in [-0.4, -0.2) is 24.4 Å². The number of nitro benzene ring substituents is 1. The molecule has 2 aromatic carbocycles. The third-order valence-corrected chi connectivity index (χ3v) is 3.07. The van der Waals surface area contributed by atoms with E-state index in [0.717, 1.165) is 11.1 Å². The minimum Gasteiger partial charge on any atom is -0.493 e. The fraction of sp³-hybridized carbons (Fsp3) is 0.235. The highest BCUT2D eigenvalue weighted by Gasteiger charge is 2.06. The highest BCUT2D eigenvalue weighted by Crippen LogP contribution is 2.19. The lowest BCUT2D eigenvalue weighted by atomic mass is 10.1. The van der Waals surface area contributed by atoms with Crippen LogP contribution in [0.4, 0.5) is 5.69 Å². The topological polar surface area (TPSA) is 74.0 Å². The van der Waals surface area contributed by atoms with E-state index in [1.165, 1.54) is 12.1 Å². The van der Waals surface area contributed by atoms with E-state index in [-0.39, 0.29) is 18.1 Å². The molecule has 0 saturated carbocycles. The van der Waals surface area contributed by atoms with Gasteiger partial charge in [0.25, 0.3) is 5.69 Å². The van der Waals surface area contributed by atoms with Crippen LogP contribution in [0, 0.1) is 10.1 Å². The van der Waals surface area contributed by atoms with Crippen molar-refractivity contribution in [2.24, 2.45) is 5.16 Å². The molecule has 0 bridgehead atoms. The first-order chi connectivity index (χ1) is 11.2. The van der Waals surface area contributed by atoms with Gasteiger partial charge in [0.1, 0.15) is 12.4 Å². The highest BCUT2D eigenvalue weighted by molar-refractivity contribution is 5.85. The Morgan fingerprint density at radius 2 is 1.96 bits per heavy atom. The van der Waals surface area contributed by atoms with Crippen molar-refractivity contribution in [3.63, 3.8) is 0 Å². The minimum atomic E-state index is -0.435. The van der Waals surface area contributed by atoms with Gasteiger partial charge in [-0.3, -0.25) is 10.1 Å². The monoisotopic (exact) mass is 350 g/mol. The van der Waals surface area contributed by atoms with Crippen molar-refractivity contribution in [3.05, 3.63) is 69.8 Å². The van der Waals surface area contributed by atoms with Gasteiger partial charge >= 0.3 is 0 Å². The number of benzene rings is 2. The summed E-state index contributed by atoms with van der Waals surface area (Å²) in [5.41, 5.74) is 2.10. The summed E-state index contributed by atoms with van der Waals surface area (Å²) in [4.78, 5) is 15.2. The molecule has 0 aromatic heterocycles. The second kappa shape index (κ2) is 10.2. The summed E-state index contributed by atoms with van der Waals surface area (Å²) >= 11 is 0. The molecular weight excluding hydrogens is 332 g/mol. The van der Waals surface area contributed by atoms with E-state index < -0.39 is 4.92 Å². The van der Waals surface area contributed by atoms with Crippen LogP contribution in [-0.2, 0) is 11.3 Å². The number of halogens is 1. The number of oxime groups is 1. The molecule has 0 radical (unpaired) electrons. The van der Waals surface area contributed by atoms with Crippen LogP contribution in [0.2, 0.25) is 0 Å². The van der Waals surface area contributed by atoms with Crippen LogP contribution in [0.5, 0.6) is 5.75 Å². The quantitative estimate of drug-likeness (QED) is 0.409. The van der Waals surface area contributed by atoms with Crippen molar-refractivity contribution in [2.45, 2.75) is 13.3 Å². The Kier molecular flexibility index (Phi) is 8.29. The summed E-state index contributed by atoms with van der Waals surface area (Å²) in [6, 6.07) is 14.1. The number of hydrogen-bond acceptors (Lipinski definition) is 5. The number of nitrogens with zero attached hydrogens (tertiary/aromatic N) is 2. The predicted molar refractivity (Wildman–Crippen MR) is 95.2 cm³/mol. The Morgan fingerprint density at radius 1 is 1.21 bits per heavy atom. The lowest BCUT2D eigenvalue weighted by Crippen LogP contribution is -2.01. The Hall–Kier alpha value is -2.60. The fourth-order valence-corrected chi connectivity index (χ4v) is 1.92. The molecule has 2 rings (SSSR count). The van der Waals surface area contributed by atoms with Crippen molar-refractivity contribution < 1.29 is 14.5 Å². The Balaban J connectivity index is 0.00000288. The van der Waals surface area contributed by atoms with Crippen LogP contribution in [0.25, 0.3) is 0 Å². The second-order valence-electron chi connectivity index (χ2n) is 4.75. The Bertz CT molecular complexity index is 675. The number of rotatable bonds is 8. The molecule has 0 spiro atoms. The molecule has 0 amide bonds. The summed E-state index contributed by atoms with van der Waals surface area (Å²) in [5, 5.41) is 14.5. The van der Waals surface area contributed by atoms with E-state index in [9.17, 15) is 10.1 Å². The zero-order valence-electron chi connectivity index (χ0n) is 13.3. The lowest BCUT2D eigenvalue weighted by molar-refractivity contribution is -0.384. The van der Waals surface area contributed by atoms with E-state index in [1.807, 2.05) is 31.2 Å². The largest absolute Gasteiger partial charge is 0.493 e. The molecule has 0 fully saturated rings. The molecule has 0 unspecified atom stereocenters. The van der Waals surface area contributed by atoms with E-state index in [2.05, 4.69) is 5.16 Å². The zero-order valence-corrected chi connectivity index (χ0v) is 14.1. The van der Waals surface area contributed by atoms with Gasteiger partial charge in [0.05, 0.1) is 23.8 Å². The van der Waals surface area contributed by atoms with Crippen molar-refractivity contribution >= 4 is 24.3 Å². The molecular formula is C17H19ClN2O4. The van der Waals surface area contributed by atoms with Crippen molar-refractivity contribution in [3.8, 4) is 5.75 Å². The van der Waals surface area contributed by atoms with Crippen molar-refractivity contribution in [1.29, 1.82) is 0 Å². The molecule has 2 aromatic rings. The van der Waals surface area contributed by atoms with Crippen LogP contribution >= 0.6 is 12.4 Å². The minimum absolute atomic E-state index is 0. The third-order valence-electron chi connectivity index (χ3n) is 3.07. The number of non-ortho nitro benzene ring substituents is 1. The normalized spacial score (nSPS) is 10.2. The van der Waals surface area contributed by atoms with Crippen LogP contribution in [0.1, 0.15) is 18.1 Å². The van der Waals surface area contributed by atoms with Gasteiger partial charge in [-0.05, 0) is 24.1 Å². The first kappa shape index (κ1) is 19.4. The Labute approximate surface area is 146 Å². The summed E-state index contributed by atoms with van der Waals surface area (Å²) in [5.74, 6) is 0.500. The maximum absolute atomic E-state index is 10.7. The summed E-state index contributed by atoms with van der Waals surface area (Å²) in [6.07, 6.45) is 2.37.